The van der Waals surface area contributed by atoms with Gasteiger partial charge in [0.25, 0.3) is 0 Å². The molecule has 108 valence electrons. The summed E-state index contributed by atoms with van der Waals surface area (Å²) in [5.41, 5.74) is 0. The van der Waals surface area contributed by atoms with E-state index < -0.39 is 0 Å². The maximum atomic E-state index is 7.88. The van der Waals surface area contributed by atoms with Gasteiger partial charge in [0.15, 0.2) is 28.5 Å². The van der Waals surface area contributed by atoms with Crippen molar-refractivity contribution in [1.82, 2.24) is 0 Å². The van der Waals surface area contributed by atoms with E-state index in [1.54, 1.807) is 28.5 Å². The standard InChI is InChI=1S/6O3/c6*1-3-2. The van der Waals surface area contributed by atoms with Crippen molar-refractivity contribution in [3.05, 3.63) is 58.3 Å². The molecule has 18 nitrogen and oxygen atoms in total. The van der Waals surface area contributed by atoms with E-state index in [-0.39, 0.29) is 0 Å². The van der Waals surface area contributed by atoms with Crippen LogP contribution >= 0.6 is 0 Å². The molecule has 0 saturated heterocycles. The molecule has 0 unspecified atom stereocenters. The first-order valence-corrected chi connectivity index (χ1v) is 2.00. The van der Waals surface area contributed by atoms with Gasteiger partial charge in [-0.05, 0) is 0 Å². The lowest BCUT2D eigenvalue weighted by molar-refractivity contribution is -0.285. The molecule has 0 aromatic rings. The Morgan fingerprint density at radius 3 is 0.333 bits per heavy atom. The van der Waals surface area contributed by atoms with E-state index in [1.165, 1.54) is 0 Å². The van der Waals surface area contributed by atoms with E-state index in [0.717, 1.165) is 0 Å². The maximum absolute atomic E-state index is 7.88. The van der Waals surface area contributed by atoms with Crippen LogP contribution < -0.4 is 31.5 Å². The summed E-state index contributed by atoms with van der Waals surface area (Å²) < 4.78 is 10.5. The fourth-order valence-corrected chi connectivity index (χ4v) is 0. The van der Waals surface area contributed by atoms with Gasteiger partial charge < -0.3 is 0 Å². The molecule has 0 aromatic carbocycles. The molecule has 0 atom stereocenters. The first-order chi connectivity index (χ1) is 8.49. The quantitative estimate of drug-likeness (QED) is 0.228. The summed E-state index contributed by atoms with van der Waals surface area (Å²) in [6.07, 6.45) is 0. The molecule has 0 aliphatic heterocycles. The summed E-state index contributed by atoms with van der Waals surface area (Å²) in [6, 6.07) is 0. The van der Waals surface area contributed by atoms with Gasteiger partial charge in [-0.15, -0.1) is 0 Å². The van der Waals surface area contributed by atoms with E-state index in [2.05, 4.69) is 0 Å². The van der Waals surface area contributed by atoms with Crippen LogP contribution in [0.3, 0.4) is 0 Å². The molecule has 0 aliphatic rings. The third-order valence-corrected chi connectivity index (χ3v) is 0. The molecule has 0 radical (unpaired) electrons. The van der Waals surface area contributed by atoms with Crippen LogP contribution in [0, 0.1) is 58.3 Å². The van der Waals surface area contributed by atoms with Crippen LogP contribution in [0.2, 0.25) is 0 Å². The molecular weight excluding hydrogens is 288 g/mol. The Morgan fingerprint density at radius 1 is 0.333 bits per heavy atom. The molecule has 18 heteroatoms. The van der Waals surface area contributed by atoms with Gasteiger partial charge in [-0.2, -0.15) is 0 Å². The lowest BCUT2D eigenvalue weighted by Gasteiger charge is -1.19. The second-order valence-corrected chi connectivity index (χ2v) is 0.408. The van der Waals surface area contributed by atoms with Crippen molar-refractivity contribution < 1.29 is 31.5 Å². The lowest BCUT2D eigenvalue weighted by Crippen LogP contribution is -1.82. The molecule has 0 aromatic heterocycles. The Bertz CT molecular complexity index is 91.6. The van der Waals surface area contributed by atoms with Crippen LogP contribution in [0.15, 0.2) is 0 Å². The smallest absolute Gasteiger partial charge is 0.0772 e. The Kier molecular flexibility index (Phi) is 728. The summed E-state index contributed by atoms with van der Waals surface area (Å²) >= 11 is 0. The van der Waals surface area contributed by atoms with Gasteiger partial charge in [-0.25, -0.2) is 0 Å². The van der Waals surface area contributed by atoms with Crippen molar-refractivity contribution in [2.75, 3.05) is 0 Å². The summed E-state index contributed by atoms with van der Waals surface area (Å²) in [5, 5.41) is 47.2. The molecule has 0 saturated carbocycles. The monoisotopic (exact) mass is 288 g/mol. The zero-order chi connectivity index (χ0) is 16.2. The molecule has 0 rings (SSSR count). The van der Waals surface area contributed by atoms with Gasteiger partial charge in [0.05, 0.1) is 0 Å². The van der Waals surface area contributed by atoms with Gasteiger partial charge in [0.2, 0.25) is 0 Å². The normalized spacial score (nSPS) is 4.00. The molecule has 0 N–H and O–H groups in total. The van der Waals surface area contributed by atoms with Crippen LogP contribution in [0.25, 0.3) is 0 Å². The Hall–Kier alpha value is -3.60. The molecule has 18 heavy (non-hydrogen) atoms. The third kappa shape index (κ3) is 124. The highest BCUT2D eigenvalue weighted by Crippen LogP contribution is 1.02. The SMILES string of the molecule is O=[O+][O-].O=[O+][O-].O=[O+][O-].O=[O+][O-].O=[O+][O-].O=[O+][O-]. The molecule has 0 aliphatic carbocycles. The topological polar surface area (TPSA) is 309 Å². The fraction of sp³-hybridized carbons (Fsp3) is 0. The Balaban J connectivity index is -0.0000000240. The van der Waals surface area contributed by atoms with Gasteiger partial charge in [-0.3, -0.25) is 0 Å². The van der Waals surface area contributed by atoms with E-state index in [4.69, 9.17) is 61.3 Å². The predicted molar refractivity (Wildman–Crippen MR) is 40.4 cm³/mol. The molecule has 0 fully saturated rings. The van der Waals surface area contributed by atoms with Gasteiger partial charge >= 0.3 is 0 Å². The fourth-order valence-electron chi connectivity index (χ4n) is 0. The zero-order valence-corrected chi connectivity index (χ0v) is 7.35. The first-order valence-electron chi connectivity index (χ1n) is 2.00. The molecule has 0 heterocycles. The molecule has 0 spiro atoms. The van der Waals surface area contributed by atoms with Crippen molar-refractivity contribution in [2.24, 2.45) is 0 Å². The second kappa shape index (κ2) is 358. The average Bonchev–Trinajstić information content (AvgIpc) is 2.23. The van der Waals surface area contributed by atoms with Crippen molar-refractivity contribution in [2.45, 2.75) is 0 Å². The molecule has 0 amide bonds. The van der Waals surface area contributed by atoms with Crippen molar-refractivity contribution in [1.29, 1.82) is 0 Å². The van der Waals surface area contributed by atoms with Crippen molar-refractivity contribution in [3.8, 4) is 0 Å². The summed E-state index contributed by atoms with van der Waals surface area (Å²) in [5.74, 6) is 0. The average molecular weight is 288 g/mol. The van der Waals surface area contributed by atoms with Gasteiger partial charge in [0.1, 0.15) is 0 Å². The first kappa shape index (κ1) is 36.6. The minimum atomic E-state index is 1.75. The highest BCUT2D eigenvalue weighted by molar-refractivity contribution is 4.22. The lowest BCUT2D eigenvalue weighted by atomic mass is 14.8. The highest BCUT2D eigenvalue weighted by Gasteiger charge is 1.28. The van der Waals surface area contributed by atoms with E-state index in [1.807, 2.05) is 0 Å². The Morgan fingerprint density at radius 2 is 0.333 bits per heavy atom. The van der Waals surface area contributed by atoms with Crippen LogP contribution in [0.4, 0.5) is 0 Å². The van der Waals surface area contributed by atoms with E-state index in [0.29, 0.717) is 0 Å². The number of rotatable bonds is 0. The minimum Gasteiger partial charge on any atom is -0.0772 e. The van der Waals surface area contributed by atoms with E-state index >= 15 is 0 Å². The van der Waals surface area contributed by atoms with Crippen molar-refractivity contribution in [3.63, 3.8) is 0 Å². The number of hydrogen-bond donors (Lipinski definition) is 0. The van der Waals surface area contributed by atoms with Crippen molar-refractivity contribution >= 4 is 0 Å². The van der Waals surface area contributed by atoms with Gasteiger partial charge in [0, 0.05) is 0 Å². The Labute approximate surface area is 91.3 Å². The summed E-state index contributed by atoms with van der Waals surface area (Å²) in [6.45, 7) is 0. The van der Waals surface area contributed by atoms with Crippen LogP contribution in [0.1, 0.15) is 0 Å². The van der Waals surface area contributed by atoms with E-state index in [9.17, 15) is 0 Å². The molecule has 0 bridgehead atoms. The largest absolute Gasteiger partial charge is 0.154 e. The van der Waals surface area contributed by atoms with Crippen LogP contribution in [0.5, 0.6) is 0 Å². The third-order valence-electron chi connectivity index (χ3n) is 0. The van der Waals surface area contributed by atoms with Gasteiger partial charge in [-0.1, -0.05) is 61.3 Å². The maximum Gasteiger partial charge on any atom is 0.154 e. The predicted octanol–water partition coefficient (Wildman–Crippen LogP) is -6.73. The highest BCUT2D eigenvalue weighted by atomic mass is 17.2. The second-order valence-electron chi connectivity index (χ2n) is 0.408. The summed E-state index contributed by atoms with van der Waals surface area (Å²) in [4.78, 5) is 47.2. The zero-order valence-electron chi connectivity index (χ0n) is 7.35. The summed E-state index contributed by atoms with van der Waals surface area (Å²) in [7, 11) is 0. The molecular formula is O18. The van der Waals surface area contributed by atoms with Crippen LogP contribution in [-0.4, -0.2) is 0 Å². The minimum absolute atomic E-state index is 1.75. The van der Waals surface area contributed by atoms with Crippen LogP contribution in [-0.2, 0) is 0 Å². The number of hydrogen-bond acceptors (Lipinski definition) is 12.